The second-order valence-corrected chi connectivity index (χ2v) is 6.81. The van der Waals surface area contributed by atoms with Gasteiger partial charge in [-0.25, -0.2) is 13.1 Å². The number of benzene rings is 2. The van der Waals surface area contributed by atoms with Gasteiger partial charge in [0.25, 0.3) is 5.91 Å². The molecule has 0 radical (unpaired) electrons. The summed E-state index contributed by atoms with van der Waals surface area (Å²) in [5.41, 5.74) is -0.491. The number of carbonyl (C=O) groups is 1. The maximum atomic E-state index is 12.5. The van der Waals surface area contributed by atoms with Crippen LogP contribution in [0.2, 0.25) is 0 Å². The molecule has 2 aromatic rings. The van der Waals surface area contributed by atoms with E-state index in [1.165, 1.54) is 0 Å². The zero-order valence-corrected chi connectivity index (χ0v) is 13.7. The number of rotatable bonds is 6. The lowest BCUT2D eigenvalue weighted by atomic mass is 10.2. The number of alkyl halides is 3. The highest BCUT2D eigenvalue weighted by molar-refractivity contribution is 7.89. The van der Waals surface area contributed by atoms with Crippen molar-refractivity contribution in [2.75, 3.05) is 13.1 Å². The maximum absolute atomic E-state index is 12.5. The minimum Gasteiger partial charge on any atom is -0.351 e. The van der Waals surface area contributed by atoms with Crippen LogP contribution in [0.4, 0.5) is 13.2 Å². The Bertz CT molecular complexity index is 820. The fourth-order valence-electron chi connectivity index (χ4n) is 1.96. The molecule has 1 amide bonds. The van der Waals surface area contributed by atoms with E-state index in [1.807, 2.05) is 0 Å². The SMILES string of the molecule is O=C(NCCNS(=O)(=O)c1ccc(C(F)(F)F)cc1)c1ccccc1. The summed E-state index contributed by atoms with van der Waals surface area (Å²) in [5, 5.41) is 2.54. The maximum Gasteiger partial charge on any atom is 0.416 e. The molecule has 5 nitrogen and oxygen atoms in total. The van der Waals surface area contributed by atoms with Crippen LogP contribution in [0, 0.1) is 0 Å². The molecule has 25 heavy (non-hydrogen) atoms. The molecule has 2 N–H and O–H groups in total. The lowest BCUT2D eigenvalue weighted by Crippen LogP contribution is -2.34. The molecule has 0 aliphatic carbocycles. The number of hydrogen-bond acceptors (Lipinski definition) is 3. The Balaban J connectivity index is 1.88. The smallest absolute Gasteiger partial charge is 0.351 e. The van der Waals surface area contributed by atoms with Gasteiger partial charge in [0.2, 0.25) is 10.0 Å². The molecule has 0 aliphatic rings. The van der Waals surface area contributed by atoms with Crippen LogP contribution < -0.4 is 10.0 Å². The highest BCUT2D eigenvalue weighted by atomic mass is 32.2. The monoisotopic (exact) mass is 372 g/mol. The Morgan fingerprint density at radius 2 is 1.52 bits per heavy atom. The molecular weight excluding hydrogens is 357 g/mol. The van der Waals surface area contributed by atoms with E-state index in [1.54, 1.807) is 30.3 Å². The van der Waals surface area contributed by atoms with Gasteiger partial charge in [-0.15, -0.1) is 0 Å². The van der Waals surface area contributed by atoms with E-state index in [0.717, 1.165) is 12.1 Å². The summed E-state index contributed by atoms with van der Waals surface area (Å²) in [6.45, 7) is -0.0600. The normalized spacial score (nSPS) is 12.0. The zero-order valence-electron chi connectivity index (χ0n) is 12.9. The van der Waals surface area contributed by atoms with E-state index < -0.39 is 21.8 Å². The van der Waals surface area contributed by atoms with Crippen molar-refractivity contribution in [1.82, 2.24) is 10.0 Å². The molecule has 2 rings (SSSR count). The van der Waals surface area contributed by atoms with Crippen LogP contribution in [0.3, 0.4) is 0 Å². The van der Waals surface area contributed by atoms with Crippen LogP contribution in [0.15, 0.2) is 59.5 Å². The average Bonchev–Trinajstić information content (AvgIpc) is 2.58. The second kappa shape index (κ2) is 7.66. The Hall–Kier alpha value is -2.39. The van der Waals surface area contributed by atoms with Gasteiger partial charge in [0.05, 0.1) is 10.5 Å². The third-order valence-electron chi connectivity index (χ3n) is 3.23. The topological polar surface area (TPSA) is 75.3 Å². The molecule has 0 heterocycles. The van der Waals surface area contributed by atoms with E-state index in [2.05, 4.69) is 10.0 Å². The van der Waals surface area contributed by atoms with Gasteiger partial charge in [-0.3, -0.25) is 4.79 Å². The predicted molar refractivity (Wildman–Crippen MR) is 85.4 cm³/mol. The number of amides is 1. The quantitative estimate of drug-likeness (QED) is 0.765. The van der Waals surface area contributed by atoms with Gasteiger partial charge in [0, 0.05) is 18.7 Å². The lowest BCUT2D eigenvalue weighted by Gasteiger charge is -2.10. The van der Waals surface area contributed by atoms with Gasteiger partial charge in [0.15, 0.2) is 0 Å². The van der Waals surface area contributed by atoms with Crippen molar-refractivity contribution in [3.8, 4) is 0 Å². The van der Waals surface area contributed by atoms with E-state index in [4.69, 9.17) is 0 Å². The highest BCUT2D eigenvalue weighted by Gasteiger charge is 2.30. The summed E-state index contributed by atoms with van der Waals surface area (Å²) in [7, 11) is -3.95. The minimum atomic E-state index is -4.53. The van der Waals surface area contributed by atoms with Crippen molar-refractivity contribution in [3.63, 3.8) is 0 Å². The van der Waals surface area contributed by atoms with E-state index in [0.29, 0.717) is 17.7 Å². The number of sulfonamides is 1. The van der Waals surface area contributed by atoms with Crippen molar-refractivity contribution in [3.05, 3.63) is 65.7 Å². The molecule has 0 spiro atoms. The molecule has 9 heteroatoms. The van der Waals surface area contributed by atoms with Crippen molar-refractivity contribution in [1.29, 1.82) is 0 Å². The van der Waals surface area contributed by atoms with Crippen molar-refractivity contribution in [2.24, 2.45) is 0 Å². The molecule has 2 aromatic carbocycles. The first-order chi connectivity index (χ1) is 11.7. The van der Waals surface area contributed by atoms with Crippen LogP contribution in [0.1, 0.15) is 15.9 Å². The number of hydrogen-bond donors (Lipinski definition) is 2. The molecule has 0 fully saturated rings. The first-order valence-electron chi connectivity index (χ1n) is 7.20. The van der Waals surface area contributed by atoms with E-state index in [9.17, 15) is 26.4 Å². The van der Waals surface area contributed by atoms with Crippen molar-refractivity contribution in [2.45, 2.75) is 11.1 Å². The molecule has 0 bridgehead atoms. The number of halogens is 3. The fraction of sp³-hybridized carbons (Fsp3) is 0.188. The van der Waals surface area contributed by atoms with Crippen molar-refractivity contribution < 1.29 is 26.4 Å². The first kappa shape index (κ1) is 18.9. The van der Waals surface area contributed by atoms with Gasteiger partial charge >= 0.3 is 6.18 Å². The number of carbonyl (C=O) groups excluding carboxylic acids is 1. The number of nitrogens with one attached hydrogen (secondary N) is 2. The van der Waals surface area contributed by atoms with Crippen molar-refractivity contribution >= 4 is 15.9 Å². The molecular formula is C16H15F3N2O3S. The minimum absolute atomic E-state index is 0.0353. The first-order valence-corrected chi connectivity index (χ1v) is 8.68. The molecule has 0 saturated carbocycles. The van der Waals surface area contributed by atoms with E-state index in [-0.39, 0.29) is 23.9 Å². The van der Waals surface area contributed by atoms with Crippen LogP contribution in [0.25, 0.3) is 0 Å². The third-order valence-corrected chi connectivity index (χ3v) is 4.71. The molecule has 0 unspecified atom stereocenters. The summed E-state index contributed by atoms with van der Waals surface area (Å²) >= 11 is 0. The fourth-order valence-corrected chi connectivity index (χ4v) is 2.99. The third kappa shape index (κ3) is 5.30. The highest BCUT2D eigenvalue weighted by Crippen LogP contribution is 2.29. The second-order valence-electron chi connectivity index (χ2n) is 5.04. The Morgan fingerprint density at radius 3 is 2.08 bits per heavy atom. The molecule has 0 saturated heterocycles. The summed E-state index contributed by atoms with van der Waals surface area (Å²) in [4.78, 5) is 11.5. The van der Waals surface area contributed by atoms with Gasteiger partial charge < -0.3 is 5.32 Å². The molecule has 134 valence electrons. The summed E-state index contributed by atoms with van der Waals surface area (Å²) < 4.78 is 63.6. The van der Waals surface area contributed by atoms with Gasteiger partial charge in [-0.05, 0) is 36.4 Å². The van der Waals surface area contributed by atoms with Gasteiger partial charge in [-0.1, -0.05) is 18.2 Å². The van der Waals surface area contributed by atoms with Crippen LogP contribution in [-0.4, -0.2) is 27.4 Å². The van der Waals surface area contributed by atoms with Crippen LogP contribution in [-0.2, 0) is 16.2 Å². The summed E-state index contributed by atoms with van der Waals surface area (Å²) in [6, 6.07) is 11.5. The zero-order chi connectivity index (χ0) is 18.5. The largest absolute Gasteiger partial charge is 0.416 e. The van der Waals surface area contributed by atoms with Crippen LogP contribution in [0.5, 0.6) is 0 Å². The lowest BCUT2D eigenvalue weighted by molar-refractivity contribution is -0.137. The Kier molecular flexibility index (Phi) is 5.81. The summed E-state index contributed by atoms with van der Waals surface area (Å²) in [6.07, 6.45) is -4.53. The average molecular weight is 372 g/mol. The van der Waals surface area contributed by atoms with E-state index >= 15 is 0 Å². The Morgan fingerprint density at radius 1 is 0.920 bits per heavy atom. The molecule has 0 aliphatic heterocycles. The predicted octanol–water partition coefficient (Wildman–Crippen LogP) is 2.41. The van der Waals surface area contributed by atoms with Gasteiger partial charge in [-0.2, -0.15) is 13.2 Å². The standard InChI is InChI=1S/C16H15F3N2O3S/c17-16(18,19)13-6-8-14(9-7-13)25(23,24)21-11-10-20-15(22)12-4-2-1-3-5-12/h1-9,21H,10-11H2,(H,20,22). The summed E-state index contributed by atoms with van der Waals surface area (Å²) in [5.74, 6) is -0.352. The Labute approximate surface area is 142 Å². The van der Waals surface area contributed by atoms with Gasteiger partial charge in [0.1, 0.15) is 0 Å². The molecule has 0 aromatic heterocycles. The molecule has 0 atom stereocenters. The van der Waals surface area contributed by atoms with Crippen LogP contribution >= 0.6 is 0 Å².